The molecular weight excluding hydrogens is 280 g/mol. The number of rotatable bonds is 5. The Hall–Kier alpha value is -2.12. The standard InChI is InChI=1S/C17H18N2OS/c1-12(2)10-20-16-6-4-14(5-7-16)8-15(9-18)17-19-13(3)11-21-17/h4-8,11-12H,10H2,1-3H3/b15-8-. The molecule has 0 amide bonds. The number of allylic oxidation sites excluding steroid dienone is 1. The van der Waals surface area contributed by atoms with Crippen LogP contribution in [0.1, 0.15) is 30.1 Å². The summed E-state index contributed by atoms with van der Waals surface area (Å²) in [6, 6.07) is 9.97. The number of nitrogens with zero attached hydrogens (tertiary/aromatic N) is 2. The molecule has 0 aliphatic carbocycles. The first kappa shape index (κ1) is 15.3. The van der Waals surface area contributed by atoms with Crippen molar-refractivity contribution < 1.29 is 4.74 Å². The molecule has 0 spiro atoms. The molecule has 2 rings (SSSR count). The van der Waals surface area contributed by atoms with E-state index in [0.29, 0.717) is 18.1 Å². The van der Waals surface area contributed by atoms with Crippen molar-refractivity contribution in [3.8, 4) is 11.8 Å². The molecule has 0 fully saturated rings. The monoisotopic (exact) mass is 298 g/mol. The van der Waals surface area contributed by atoms with Gasteiger partial charge in [-0.1, -0.05) is 26.0 Å². The second kappa shape index (κ2) is 7.05. The highest BCUT2D eigenvalue weighted by molar-refractivity contribution is 7.11. The van der Waals surface area contributed by atoms with E-state index in [1.807, 2.05) is 42.6 Å². The Kier molecular flexibility index (Phi) is 5.13. The molecule has 0 radical (unpaired) electrons. The van der Waals surface area contributed by atoms with Crippen LogP contribution in [0.15, 0.2) is 29.6 Å². The second-order valence-electron chi connectivity index (χ2n) is 5.24. The Morgan fingerprint density at radius 3 is 2.62 bits per heavy atom. The highest BCUT2D eigenvalue weighted by Crippen LogP contribution is 2.22. The third kappa shape index (κ3) is 4.44. The van der Waals surface area contributed by atoms with Gasteiger partial charge in [0, 0.05) is 11.1 Å². The SMILES string of the molecule is Cc1csc(/C(C#N)=C\c2ccc(OCC(C)C)cc2)n1. The zero-order chi connectivity index (χ0) is 15.2. The molecule has 4 heteroatoms. The Bertz CT molecular complexity index is 663. The first-order valence-electron chi connectivity index (χ1n) is 6.85. The van der Waals surface area contributed by atoms with Gasteiger partial charge in [-0.2, -0.15) is 5.26 Å². The summed E-state index contributed by atoms with van der Waals surface area (Å²) in [5.41, 5.74) is 2.49. The number of nitriles is 1. The van der Waals surface area contributed by atoms with E-state index in [2.05, 4.69) is 24.9 Å². The number of benzene rings is 1. The molecule has 0 saturated heterocycles. The van der Waals surface area contributed by atoms with Gasteiger partial charge in [0.25, 0.3) is 0 Å². The smallest absolute Gasteiger partial charge is 0.134 e. The average Bonchev–Trinajstić information content (AvgIpc) is 2.90. The highest BCUT2D eigenvalue weighted by Gasteiger charge is 2.05. The van der Waals surface area contributed by atoms with Gasteiger partial charge in [-0.3, -0.25) is 0 Å². The molecule has 108 valence electrons. The molecule has 0 aliphatic heterocycles. The van der Waals surface area contributed by atoms with Crippen molar-refractivity contribution in [2.75, 3.05) is 6.61 Å². The van der Waals surface area contributed by atoms with Gasteiger partial charge in [-0.05, 0) is 36.6 Å². The van der Waals surface area contributed by atoms with Crippen molar-refractivity contribution in [1.29, 1.82) is 5.26 Å². The van der Waals surface area contributed by atoms with Gasteiger partial charge >= 0.3 is 0 Å². The van der Waals surface area contributed by atoms with E-state index in [1.54, 1.807) is 0 Å². The number of aromatic nitrogens is 1. The molecule has 2 aromatic rings. The van der Waals surface area contributed by atoms with E-state index >= 15 is 0 Å². The largest absolute Gasteiger partial charge is 0.493 e. The van der Waals surface area contributed by atoms with Crippen molar-refractivity contribution in [2.45, 2.75) is 20.8 Å². The average molecular weight is 298 g/mol. The molecule has 1 heterocycles. The Labute approximate surface area is 129 Å². The summed E-state index contributed by atoms with van der Waals surface area (Å²) in [7, 11) is 0. The number of hydrogen-bond donors (Lipinski definition) is 0. The molecular formula is C17H18N2OS. The topological polar surface area (TPSA) is 45.9 Å². The van der Waals surface area contributed by atoms with Crippen molar-refractivity contribution in [1.82, 2.24) is 4.98 Å². The third-order valence-corrected chi connectivity index (χ3v) is 3.74. The van der Waals surface area contributed by atoms with Crippen LogP contribution in [-0.2, 0) is 0 Å². The van der Waals surface area contributed by atoms with E-state index in [0.717, 1.165) is 22.0 Å². The van der Waals surface area contributed by atoms with E-state index < -0.39 is 0 Å². The number of hydrogen-bond acceptors (Lipinski definition) is 4. The van der Waals surface area contributed by atoms with Gasteiger partial charge in [0.15, 0.2) is 0 Å². The van der Waals surface area contributed by atoms with Crippen LogP contribution in [0.3, 0.4) is 0 Å². The fourth-order valence-electron chi connectivity index (χ4n) is 1.71. The van der Waals surface area contributed by atoms with Crippen LogP contribution >= 0.6 is 11.3 Å². The second-order valence-corrected chi connectivity index (χ2v) is 6.10. The van der Waals surface area contributed by atoms with Crippen molar-refractivity contribution >= 4 is 23.0 Å². The quantitative estimate of drug-likeness (QED) is 0.761. The summed E-state index contributed by atoms with van der Waals surface area (Å²) in [5.74, 6) is 1.35. The first-order chi connectivity index (χ1) is 10.1. The van der Waals surface area contributed by atoms with Crippen molar-refractivity contribution in [3.63, 3.8) is 0 Å². The fraction of sp³-hybridized carbons (Fsp3) is 0.294. The lowest BCUT2D eigenvalue weighted by Crippen LogP contribution is -2.04. The van der Waals surface area contributed by atoms with Crippen LogP contribution < -0.4 is 4.74 Å². The summed E-state index contributed by atoms with van der Waals surface area (Å²) in [6.07, 6.45) is 1.85. The molecule has 0 aliphatic rings. The van der Waals surface area contributed by atoms with E-state index in [1.165, 1.54) is 11.3 Å². The van der Waals surface area contributed by atoms with Gasteiger partial charge in [0.1, 0.15) is 16.8 Å². The zero-order valence-corrected chi connectivity index (χ0v) is 13.3. The summed E-state index contributed by atoms with van der Waals surface area (Å²) >= 11 is 1.49. The molecule has 0 atom stereocenters. The van der Waals surface area contributed by atoms with Crippen LogP contribution in [0.4, 0.5) is 0 Å². The normalized spacial score (nSPS) is 11.5. The lowest BCUT2D eigenvalue weighted by Gasteiger charge is -2.08. The predicted octanol–water partition coefficient (Wildman–Crippen LogP) is 4.55. The van der Waals surface area contributed by atoms with E-state index in [-0.39, 0.29) is 0 Å². The predicted molar refractivity (Wildman–Crippen MR) is 87.1 cm³/mol. The molecule has 1 aromatic carbocycles. The summed E-state index contributed by atoms with van der Waals surface area (Å²) in [5, 5.41) is 12.0. The Morgan fingerprint density at radius 2 is 2.10 bits per heavy atom. The van der Waals surface area contributed by atoms with Crippen LogP contribution in [0, 0.1) is 24.2 Å². The highest BCUT2D eigenvalue weighted by atomic mass is 32.1. The van der Waals surface area contributed by atoms with E-state index in [9.17, 15) is 5.26 Å². The lowest BCUT2D eigenvalue weighted by atomic mass is 10.1. The van der Waals surface area contributed by atoms with Crippen molar-refractivity contribution in [3.05, 3.63) is 45.9 Å². The number of ether oxygens (including phenoxy) is 1. The zero-order valence-electron chi connectivity index (χ0n) is 12.5. The van der Waals surface area contributed by atoms with Crippen LogP contribution in [0.25, 0.3) is 11.6 Å². The van der Waals surface area contributed by atoms with Gasteiger partial charge < -0.3 is 4.74 Å². The maximum absolute atomic E-state index is 9.27. The van der Waals surface area contributed by atoms with E-state index in [4.69, 9.17) is 4.74 Å². The molecule has 3 nitrogen and oxygen atoms in total. The van der Waals surface area contributed by atoms with Crippen molar-refractivity contribution in [2.24, 2.45) is 5.92 Å². The maximum Gasteiger partial charge on any atom is 0.134 e. The molecule has 21 heavy (non-hydrogen) atoms. The Morgan fingerprint density at radius 1 is 1.38 bits per heavy atom. The maximum atomic E-state index is 9.27. The molecule has 1 aromatic heterocycles. The number of aryl methyl sites for hydroxylation is 1. The minimum Gasteiger partial charge on any atom is -0.493 e. The molecule has 0 unspecified atom stereocenters. The minimum absolute atomic E-state index is 0.503. The van der Waals surface area contributed by atoms with Gasteiger partial charge in [0.05, 0.1) is 12.2 Å². The van der Waals surface area contributed by atoms with Crippen LogP contribution in [-0.4, -0.2) is 11.6 Å². The first-order valence-corrected chi connectivity index (χ1v) is 7.73. The van der Waals surface area contributed by atoms with Gasteiger partial charge in [-0.15, -0.1) is 11.3 Å². The summed E-state index contributed by atoms with van der Waals surface area (Å²) in [4.78, 5) is 4.35. The van der Waals surface area contributed by atoms with Crippen LogP contribution in [0.2, 0.25) is 0 Å². The lowest BCUT2D eigenvalue weighted by molar-refractivity contribution is 0.271. The van der Waals surface area contributed by atoms with Crippen LogP contribution in [0.5, 0.6) is 5.75 Å². The van der Waals surface area contributed by atoms with Gasteiger partial charge in [0.2, 0.25) is 0 Å². The fourth-order valence-corrected chi connectivity index (χ4v) is 2.47. The summed E-state index contributed by atoms with van der Waals surface area (Å²) < 4.78 is 5.65. The molecule has 0 saturated carbocycles. The summed E-state index contributed by atoms with van der Waals surface area (Å²) in [6.45, 7) is 6.87. The van der Waals surface area contributed by atoms with Gasteiger partial charge in [-0.25, -0.2) is 4.98 Å². The third-order valence-electron chi connectivity index (χ3n) is 2.74. The number of thiazole rings is 1. The molecule has 0 bridgehead atoms. The minimum atomic E-state index is 0.503. The molecule has 0 N–H and O–H groups in total. The Balaban J connectivity index is 2.14.